The van der Waals surface area contributed by atoms with Crippen LogP contribution in [-0.2, 0) is 0 Å². The molecule has 3 heteroatoms. The van der Waals surface area contributed by atoms with Crippen molar-refractivity contribution < 1.29 is 9.84 Å². The molecule has 0 radical (unpaired) electrons. The van der Waals surface area contributed by atoms with E-state index in [0.29, 0.717) is 6.42 Å². The SMILES string of the molecule is C=CCC(Nc1ccccc1OC)c1ccccc1O. The second kappa shape index (κ2) is 6.66. The molecule has 2 aromatic carbocycles. The predicted octanol–water partition coefficient (Wildman–Crippen LogP) is 4.13. The first kappa shape index (κ1) is 14.0. The molecule has 0 spiro atoms. The molecule has 0 heterocycles. The van der Waals surface area contributed by atoms with Gasteiger partial charge in [-0.1, -0.05) is 36.4 Å². The Labute approximate surface area is 119 Å². The molecule has 0 aliphatic heterocycles. The number of aromatic hydroxyl groups is 1. The fourth-order valence-electron chi connectivity index (χ4n) is 2.16. The van der Waals surface area contributed by atoms with E-state index < -0.39 is 0 Å². The zero-order valence-electron chi connectivity index (χ0n) is 11.5. The Morgan fingerprint density at radius 3 is 2.60 bits per heavy atom. The number of benzene rings is 2. The van der Waals surface area contributed by atoms with Crippen LogP contribution in [0.15, 0.2) is 61.2 Å². The van der Waals surface area contributed by atoms with Crippen molar-refractivity contribution >= 4 is 5.69 Å². The van der Waals surface area contributed by atoms with E-state index in [-0.39, 0.29) is 11.8 Å². The lowest BCUT2D eigenvalue weighted by atomic mass is 10.0. The molecule has 0 aliphatic carbocycles. The number of ether oxygens (including phenoxy) is 1. The normalized spacial score (nSPS) is 11.7. The van der Waals surface area contributed by atoms with Crippen LogP contribution in [0, 0.1) is 0 Å². The monoisotopic (exact) mass is 269 g/mol. The first-order chi connectivity index (χ1) is 9.76. The fraction of sp³-hybridized carbons (Fsp3) is 0.176. The molecule has 0 aliphatic rings. The number of phenols is 1. The lowest BCUT2D eigenvalue weighted by Gasteiger charge is -2.21. The van der Waals surface area contributed by atoms with E-state index in [0.717, 1.165) is 17.0 Å². The summed E-state index contributed by atoms with van der Waals surface area (Å²) in [6.45, 7) is 3.79. The Kier molecular flexibility index (Phi) is 4.66. The number of anilines is 1. The van der Waals surface area contributed by atoms with Gasteiger partial charge in [-0.15, -0.1) is 6.58 Å². The van der Waals surface area contributed by atoms with Gasteiger partial charge in [0.1, 0.15) is 11.5 Å². The van der Waals surface area contributed by atoms with Crippen molar-refractivity contribution in [3.05, 3.63) is 66.7 Å². The summed E-state index contributed by atoms with van der Waals surface area (Å²) in [5.41, 5.74) is 1.74. The van der Waals surface area contributed by atoms with Crippen molar-refractivity contribution in [3.63, 3.8) is 0 Å². The second-order valence-corrected chi connectivity index (χ2v) is 4.48. The average Bonchev–Trinajstić information content (AvgIpc) is 2.48. The average molecular weight is 269 g/mol. The van der Waals surface area contributed by atoms with E-state index in [2.05, 4.69) is 11.9 Å². The van der Waals surface area contributed by atoms with Gasteiger partial charge in [-0.25, -0.2) is 0 Å². The standard InChI is InChI=1S/C17H19NO2/c1-3-8-14(13-9-4-6-11-16(13)19)18-15-10-5-7-12-17(15)20-2/h3-7,9-12,14,18-19H,1,8H2,2H3. The van der Waals surface area contributed by atoms with Crippen LogP contribution in [0.1, 0.15) is 18.0 Å². The van der Waals surface area contributed by atoms with Crippen LogP contribution in [0.3, 0.4) is 0 Å². The number of para-hydroxylation sites is 3. The van der Waals surface area contributed by atoms with Gasteiger partial charge in [0.15, 0.2) is 0 Å². The lowest BCUT2D eigenvalue weighted by molar-refractivity contribution is 0.415. The number of hydrogen-bond acceptors (Lipinski definition) is 3. The molecule has 1 atom stereocenters. The number of nitrogens with one attached hydrogen (secondary N) is 1. The molecule has 0 aromatic heterocycles. The summed E-state index contributed by atoms with van der Waals surface area (Å²) >= 11 is 0. The molecule has 0 saturated heterocycles. The molecule has 0 saturated carbocycles. The third-order valence-electron chi connectivity index (χ3n) is 3.15. The van der Waals surface area contributed by atoms with Crippen molar-refractivity contribution in [3.8, 4) is 11.5 Å². The Hall–Kier alpha value is -2.42. The van der Waals surface area contributed by atoms with Crippen LogP contribution in [-0.4, -0.2) is 12.2 Å². The maximum atomic E-state index is 10.0. The van der Waals surface area contributed by atoms with Gasteiger partial charge >= 0.3 is 0 Å². The summed E-state index contributed by atoms with van der Waals surface area (Å²) < 4.78 is 5.34. The Balaban J connectivity index is 2.30. The quantitative estimate of drug-likeness (QED) is 0.775. The van der Waals surface area contributed by atoms with Gasteiger partial charge in [-0.05, 0) is 24.6 Å². The Morgan fingerprint density at radius 2 is 1.90 bits per heavy atom. The largest absolute Gasteiger partial charge is 0.508 e. The van der Waals surface area contributed by atoms with Crippen molar-refractivity contribution in [1.29, 1.82) is 0 Å². The minimum Gasteiger partial charge on any atom is -0.508 e. The Morgan fingerprint density at radius 1 is 1.20 bits per heavy atom. The van der Waals surface area contributed by atoms with Gasteiger partial charge in [-0.2, -0.15) is 0 Å². The lowest BCUT2D eigenvalue weighted by Crippen LogP contribution is -2.11. The van der Waals surface area contributed by atoms with Gasteiger partial charge < -0.3 is 15.2 Å². The number of hydrogen-bond donors (Lipinski definition) is 2. The van der Waals surface area contributed by atoms with Crippen molar-refractivity contribution in [2.75, 3.05) is 12.4 Å². The molecule has 0 fully saturated rings. The van der Waals surface area contributed by atoms with E-state index in [9.17, 15) is 5.11 Å². The van der Waals surface area contributed by atoms with Crippen LogP contribution in [0.2, 0.25) is 0 Å². The smallest absolute Gasteiger partial charge is 0.141 e. The first-order valence-corrected chi connectivity index (χ1v) is 6.54. The zero-order valence-corrected chi connectivity index (χ0v) is 11.5. The summed E-state index contributed by atoms with van der Waals surface area (Å²) in [4.78, 5) is 0. The molecule has 104 valence electrons. The number of phenolic OH excluding ortho intramolecular Hbond substituents is 1. The molecule has 0 amide bonds. The highest BCUT2D eigenvalue weighted by atomic mass is 16.5. The minimum absolute atomic E-state index is 0.0509. The van der Waals surface area contributed by atoms with Gasteiger partial charge in [0, 0.05) is 5.56 Å². The highest BCUT2D eigenvalue weighted by molar-refractivity contribution is 5.58. The molecular formula is C17H19NO2. The molecule has 2 rings (SSSR count). The van der Waals surface area contributed by atoms with E-state index in [1.54, 1.807) is 13.2 Å². The molecular weight excluding hydrogens is 250 g/mol. The van der Waals surface area contributed by atoms with Gasteiger partial charge in [0.25, 0.3) is 0 Å². The van der Waals surface area contributed by atoms with Crippen molar-refractivity contribution in [2.45, 2.75) is 12.5 Å². The predicted molar refractivity (Wildman–Crippen MR) is 82.3 cm³/mol. The number of methoxy groups -OCH3 is 1. The highest BCUT2D eigenvalue weighted by Crippen LogP contribution is 2.32. The summed E-state index contributed by atoms with van der Waals surface area (Å²) in [6, 6.07) is 15.0. The zero-order chi connectivity index (χ0) is 14.4. The first-order valence-electron chi connectivity index (χ1n) is 6.54. The van der Waals surface area contributed by atoms with Gasteiger partial charge in [0.05, 0.1) is 18.8 Å². The van der Waals surface area contributed by atoms with E-state index >= 15 is 0 Å². The van der Waals surface area contributed by atoms with Crippen LogP contribution in [0.4, 0.5) is 5.69 Å². The topological polar surface area (TPSA) is 41.5 Å². The third-order valence-corrected chi connectivity index (χ3v) is 3.15. The molecule has 3 nitrogen and oxygen atoms in total. The molecule has 20 heavy (non-hydrogen) atoms. The van der Waals surface area contributed by atoms with Gasteiger partial charge in [-0.3, -0.25) is 0 Å². The summed E-state index contributed by atoms with van der Waals surface area (Å²) in [7, 11) is 1.64. The van der Waals surface area contributed by atoms with E-state index in [1.807, 2.05) is 48.5 Å². The Bertz CT molecular complexity index is 581. The summed E-state index contributed by atoms with van der Waals surface area (Å²) in [6.07, 6.45) is 2.54. The highest BCUT2D eigenvalue weighted by Gasteiger charge is 2.15. The van der Waals surface area contributed by atoms with Crippen LogP contribution in [0.25, 0.3) is 0 Å². The minimum atomic E-state index is -0.0509. The van der Waals surface area contributed by atoms with Crippen LogP contribution in [0.5, 0.6) is 11.5 Å². The van der Waals surface area contributed by atoms with E-state index in [1.165, 1.54) is 0 Å². The molecule has 0 bridgehead atoms. The van der Waals surface area contributed by atoms with Gasteiger partial charge in [0.2, 0.25) is 0 Å². The van der Waals surface area contributed by atoms with Crippen molar-refractivity contribution in [2.24, 2.45) is 0 Å². The van der Waals surface area contributed by atoms with Crippen molar-refractivity contribution in [1.82, 2.24) is 0 Å². The van der Waals surface area contributed by atoms with Crippen LogP contribution < -0.4 is 10.1 Å². The van der Waals surface area contributed by atoms with Crippen LogP contribution >= 0.6 is 0 Å². The summed E-state index contributed by atoms with van der Waals surface area (Å²) in [5, 5.41) is 13.4. The fourth-order valence-corrected chi connectivity index (χ4v) is 2.16. The van der Waals surface area contributed by atoms with E-state index in [4.69, 9.17) is 4.74 Å². The molecule has 1 unspecified atom stereocenters. The number of rotatable bonds is 6. The molecule has 2 aromatic rings. The maximum absolute atomic E-state index is 10.0. The third kappa shape index (κ3) is 3.12. The maximum Gasteiger partial charge on any atom is 0.141 e. The molecule has 2 N–H and O–H groups in total. The summed E-state index contributed by atoms with van der Waals surface area (Å²) in [5.74, 6) is 1.05. The second-order valence-electron chi connectivity index (χ2n) is 4.48.